The number of hydrogen-bond acceptors (Lipinski definition) is 7. The Morgan fingerprint density at radius 1 is 1.26 bits per heavy atom. The second kappa shape index (κ2) is 8.04. The predicted molar refractivity (Wildman–Crippen MR) is 101 cm³/mol. The number of aromatic nitrogens is 4. The van der Waals surface area contributed by atoms with Gasteiger partial charge in [-0.3, -0.25) is 14.2 Å². The second-order valence-electron chi connectivity index (χ2n) is 5.79. The van der Waals surface area contributed by atoms with E-state index in [-0.39, 0.29) is 11.8 Å². The van der Waals surface area contributed by atoms with Crippen molar-refractivity contribution in [3.05, 3.63) is 42.4 Å². The standard InChI is InChI=1S/C17H18N6O3S/c1-10-7-15(22-26-10)20-16(25)11(2)27-17-21-18-9-23(17)14-6-4-5-13(8-14)19-12(3)24/h4-9,11H,1-3H3,(H,19,24)(H,20,22,25)/t11-/m0/s1. The Labute approximate surface area is 159 Å². The molecule has 0 aliphatic rings. The van der Waals surface area contributed by atoms with Crippen molar-refractivity contribution in [2.75, 3.05) is 10.6 Å². The second-order valence-corrected chi connectivity index (χ2v) is 7.10. The number of carbonyl (C=O) groups excluding carboxylic acids is 2. The molecule has 2 aromatic heterocycles. The van der Waals surface area contributed by atoms with Gasteiger partial charge in [-0.2, -0.15) is 0 Å². The SMILES string of the molecule is CC(=O)Nc1cccc(-n2cnnc2S[C@@H](C)C(=O)Nc2cc(C)on2)c1. The fourth-order valence-corrected chi connectivity index (χ4v) is 3.13. The molecule has 1 aromatic carbocycles. The summed E-state index contributed by atoms with van der Waals surface area (Å²) in [4.78, 5) is 23.6. The van der Waals surface area contributed by atoms with Crippen molar-refractivity contribution < 1.29 is 14.1 Å². The van der Waals surface area contributed by atoms with Crippen LogP contribution in [0.1, 0.15) is 19.6 Å². The molecule has 1 atom stereocenters. The third kappa shape index (κ3) is 4.73. The zero-order valence-electron chi connectivity index (χ0n) is 15.0. The lowest BCUT2D eigenvalue weighted by Crippen LogP contribution is -2.23. The molecular weight excluding hydrogens is 368 g/mol. The quantitative estimate of drug-likeness (QED) is 0.626. The Kier molecular flexibility index (Phi) is 5.55. The van der Waals surface area contributed by atoms with Gasteiger partial charge in [0.15, 0.2) is 11.0 Å². The van der Waals surface area contributed by atoms with E-state index in [1.807, 2.05) is 12.1 Å². The highest BCUT2D eigenvalue weighted by atomic mass is 32.2. The number of nitrogens with zero attached hydrogens (tertiary/aromatic N) is 4. The Balaban J connectivity index is 1.73. The number of aryl methyl sites for hydroxylation is 1. The normalized spacial score (nSPS) is 11.8. The molecule has 10 heteroatoms. The van der Waals surface area contributed by atoms with Crippen molar-refractivity contribution in [1.82, 2.24) is 19.9 Å². The van der Waals surface area contributed by atoms with E-state index in [1.165, 1.54) is 18.7 Å². The molecule has 3 rings (SSSR count). The van der Waals surface area contributed by atoms with Crippen molar-refractivity contribution in [3.8, 4) is 5.69 Å². The third-order valence-electron chi connectivity index (χ3n) is 3.49. The van der Waals surface area contributed by atoms with E-state index in [1.54, 1.807) is 42.9 Å². The van der Waals surface area contributed by atoms with E-state index in [9.17, 15) is 9.59 Å². The average molecular weight is 386 g/mol. The Morgan fingerprint density at radius 3 is 2.78 bits per heavy atom. The fraction of sp³-hybridized carbons (Fsp3) is 0.235. The minimum Gasteiger partial charge on any atom is -0.360 e. The molecule has 2 heterocycles. The molecule has 2 amide bonds. The van der Waals surface area contributed by atoms with Crippen LogP contribution in [0.3, 0.4) is 0 Å². The summed E-state index contributed by atoms with van der Waals surface area (Å²) in [6, 6.07) is 8.92. The summed E-state index contributed by atoms with van der Waals surface area (Å²) >= 11 is 1.26. The summed E-state index contributed by atoms with van der Waals surface area (Å²) in [6.07, 6.45) is 1.56. The van der Waals surface area contributed by atoms with Crippen molar-refractivity contribution in [2.24, 2.45) is 0 Å². The summed E-state index contributed by atoms with van der Waals surface area (Å²) < 4.78 is 6.69. The Hall–Kier alpha value is -3.14. The highest BCUT2D eigenvalue weighted by Gasteiger charge is 2.19. The fourth-order valence-electron chi connectivity index (χ4n) is 2.28. The van der Waals surface area contributed by atoms with Gasteiger partial charge >= 0.3 is 0 Å². The molecule has 9 nitrogen and oxygen atoms in total. The molecule has 140 valence electrons. The van der Waals surface area contributed by atoms with Gasteiger partial charge in [0, 0.05) is 18.7 Å². The van der Waals surface area contributed by atoms with Crippen molar-refractivity contribution in [2.45, 2.75) is 31.2 Å². The van der Waals surface area contributed by atoms with Gasteiger partial charge in [-0.05, 0) is 32.0 Å². The number of nitrogens with one attached hydrogen (secondary N) is 2. The minimum atomic E-state index is -0.441. The van der Waals surface area contributed by atoms with Gasteiger partial charge in [0.05, 0.1) is 10.9 Å². The van der Waals surface area contributed by atoms with Gasteiger partial charge in [0.25, 0.3) is 0 Å². The van der Waals surface area contributed by atoms with Gasteiger partial charge in [0.1, 0.15) is 12.1 Å². The van der Waals surface area contributed by atoms with Gasteiger partial charge in [0.2, 0.25) is 11.8 Å². The zero-order chi connectivity index (χ0) is 19.4. The van der Waals surface area contributed by atoms with Gasteiger partial charge in [-0.25, -0.2) is 0 Å². The van der Waals surface area contributed by atoms with E-state index in [0.717, 1.165) is 5.69 Å². The largest absolute Gasteiger partial charge is 0.360 e. The molecule has 0 unspecified atom stereocenters. The number of thioether (sulfide) groups is 1. The average Bonchev–Trinajstić information content (AvgIpc) is 3.23. The van der Waals surface area contributed by atoms with Crippen molar-refractivity contribution in [3.63, 3.8) is 0 Å². The lowest BCUT2D eigenvalue weighted by molar-refractivity contribution is -0.115. The number of anilines is 2. The molecular formula is C17H18N6O3S. The lowest BCUT2D eigenvalue weighted by atomic mass is 10.2. The summed E-state index contributed by atoms with van der Waals surface area (Å²) in [5, 5.41) is 17.3. The number of hydrogen-bond donors (Lipinski definition) is 2. The molecule has 2 N–H and O–H groups in total. The Morgan fingerprint density at radius 2 is 2.07 bits per heavy atom. The lowest BCUT2D eigenvalue weighted by Gasteiger charge is -2.12. The summed E-state index contributed by atoms with van der Waals surface area (Å²) in [7, 11) is 0. The first-order valence-corrected chi connectivity index (χ1v) is 8.99. The maximum atomic E-state index is 12.4. The summed E-state index contributed by atoms with van der Waals surface area (Å²) in [6.45, 7) is 4.96. The molecule has 0 fully saturated rings. The van der Waals surface area contributed by atoms with Crippen LogP contribution in [0.5, 0.6) is 0 Å². The van der Waals surface area contributed by atoms with Crippen LogP contribution in [-0.2, 0) is 9.59 Å². The maximum absolute atomic E-state index is 12.4. The molecule has 27 heavy (non-hydrogen) atoms. The van der Waals surface area contributed by atoms with Crippen LogP contribution in [0.15, 0.2) is 46.3 Å². The molecule has 0 saturated carbocycles. The Bertz CT molecular complexity index is 967. The van der Waals surface area contributed by atoms with Crippen molar-refractivity contribution >= 4 is 35.1 Å². The first-order valence-electron chi connectivity index (χ1n) is 8.11. The predicted octanol–water partition coefficient (Wildman–Crippen LogP) is 2.64. The topological polar surface area (TPSA) is 115 Å². The van der Waals surface area contributed by atoms with E-state index in [2.05, 4.69) is 26.0 Å². The number of amides is 2. The molecule has 0 aliphatic carbocycles. The first-order chi connectivity index (χ1) is 12.9. The van der Waals surface area contributed by atoms with Gasteiger partial charge in [-0.1, -0.05) is 23.0 Å². The van der Waals surface area contributed by atoms with Gasteiger partial charge < -0.3 is 15.2 Å². The minimum absolute atomic E-state index is 0.154. The summed E-state index contributed by atoms with van der Waals surface area (Å²) in [5.41, 5.74) is 1.44. The molecule has 0 radical (unpaired) electrons. The van der Waals surface area contributed by atoms with Crippen LogP contribution in [0, 0.1) is 6.92 Å². The smallest absolute Gasteiger partial charge is 0.238 e. The molecule has 0 saturated heterocycles. The maximum Gasteiger partial charge on any atom is 0.238 e. The summed E-state index contributed by atoms with van der Waals surface area (Å²) in [5.74, 6) is 0.604. The number of rotatable bonds is 6. The molecule has 0 bridgehead atoms. The van der Waals surface area contributed by atoms with Crippen LogP contribution in [0.4, 0.5) is 11.5 Å². The van der Waals surface area contributed by atoms with Crippen LogP contribution < -0.4 is 10.6 Å². The van der Waals surface area contributed by atoms with Crippen molar-refractivity contribution in [1.29, 1.82) is 0 Å². The van der Waals surface area contributed by atoms with Crippen LogP contribution in [0.2, 0.25) is 0 Å². The van der Waals surface area contributed by atoms with Gasteiger partial charge in [-0.15, -0.1) is 10.2 Å². The molecule has 0 aliphatic heterocycles. The highest BCUT2D eigenvalue weighted by molar-refractivity contribution is 8.00. The molecule has 3 aromatic rings. The van der Waals surface area contributed by atoms with Crippen LogP contribution in [0.25, 0.3) is 5.69 Å². The first kappa shape index (κ1) is 18.6. The number of benzene rings is 1. The zero-order valence-corrected chi connectivity index (χ0v) is 15.8. The number of carbonyl (C=O) groups is 2. The monoisotopic (exact) mass is 386 g/mol. The highest BCUT2D eigenvalue weighted by Crippen LogP contribution is 2.25. The molecule has 0 spiro atoms. The van der Waals surface area contributed by atoms with E-state index in [0.29, 0.717) is 22.4 Å². The van der Waals surface area contributed by atoms with Crippen LogP contribution >= 0.6 is 11.8 Å². The van der Waals surface area contributed by atoms with E-state index < -0.39 is 5.25 Å². The van der Waals surface area contributed by atoms with E-state index >= 15 is 0 Å². The van der Waals surface area contributed by atoms with E-state index in [4.69, 9.17) is 4.52 Å². The van der Waals surface area contributed by atoms with Crippen LogP contribution in [-0.4, -0.2) is 37.0 Å². The third-order valence-corrected chi connectivity index (χ3v) is 4.55.